The van der Waals surface area contributed by atoms with Gasteiger partial charge >= 0.3 is 0 Å². The van der Waals surface area contributed by atoms with Gasteiger partial charge in [0.15, 0.2) is 0 Å². The Morgan fingerprint density at radius 1 is 1.00 bits per heavy atom. The molecule has 1 amide bonds. The van der Waals surface area contributed by atoms with E-state index >= 15 is 0 Å². The number of halogens is 1. The number of thiazole rings is 1. The van der Waals surface area contributed by atoms with Crippen LogP contribution in [0.1, 0.15) is 37.7 Å². The van der Waals surface area contributed by atoms with Crippen molar-refractivity contribution in [2.24, 2.45) is 0 Å². The number of aryl methyl sites for hydroxylation is 1. The first-order valence-electron chi connectivity index (χ1n) is 12.7. The number of benzene rings is 2. The quantitative estimate of drug-likeness (QED) is 0.399. The largest absolute Gasteiger partial charge is 0.467 e. The fraction of sp³-hybridized carbons (Fsp3) is 0.429. The van der Waals surface area contributed by atoms with Gasteiger partial charge in [-0.25, -0.2) is 9.37 Å². The zero-order valence-corrected chi connectivity index (χ0v) is 21.2. The molecular weight excluding hydrogens is 477 g/mol. The number of aromatic nitrogens is 1. The molecule has 0 bridgehead atoms. The van der Waals surface area contributed by atoms with Crippen molar-refractivity contribution in [3.63, 3.8) is 0 Å². The van der Waals surface area contributed by atoms with Crippen LogP contribution in [-0.4, -0.2) is 59.0 Å². The lowest BCUT2D eigenvalue weighted by Crippen LogP contribution is -2.50. The monoisotopic (exact) mass is 509 g/mol. The highest BCUT2D eigenvalue weighted by Gasteiger charge is 2.30. The number of piperidine rings is 2. The second-order valence-electron chi connectivity index (χ2n) is 9.47. The molecule has 2 saturated heterocycles. The highest BCUT2D eigenvalue weighted by molar-refractivity contribution is 7.11. The fourth-order valence-corrected chi connectivity index (χ4v) is 5.61. The van der Waals surface area contributed by atoms with Crippen LogP contribution in [-0.2, 0) is 11.2 Å². The van der Waals surface area contributed by atoms with Crippen molar-refractivity contribution >= 4 is 17.2 Å². The molecule has 0 radical (unpaired) electrons. The molecule has 36 heavy (non-hydrogen) atoms. The minimum Gasteiger partial charge on any atom is -0.467 e. The van der Waals surface area contributed by atoms with Gasteiger partial charge in [0.2, 0.25) is 5.91 Å². The van der Waals surface area contributed by atoms with Gasteiger partial charge in [-0.15, -0.1) is 0 Å². The lowest BCUT2D eigenvalue weighted by atomic mass is 9.98. The number of amides is 1. The summed E-state index contributed by atoms with van der Waals surface area (Å²) in [5.41, 5.74) is 1.06. The average Bonchev–Trinajstić information content (AvgIpc) is 3.43. The Kier molecular flexibility index (Phi) is 8.13. The molecule has 2 aliphatic rings. The Bertz CT molecular complexity index is 1110. The SMILES string of the molecule is O=C(CCc1cccc(Oc2ccc(F)cc2)c1)N1CCC(N2CCC(Oc3nccs3)CC2)CC1. The fourth-order valence-electron chi connectivity index (χ4n) is 5.06. The summed E-state index contributed by atoms with van der Waals surface area (Å²) in [6, 6.07) is 14.3. The van der Waals surface area contributed by atoms with E-state index in [1.807, 2.05) is 34.5 Å². The average molecular weight is 510 g/mol. The standard InChI is InChI=1S/C28H32FN3O3S/c29-22-5-7-24(8-6-22)34-26-3-1-2-21(20-26)4-9-27(33)32-15-10-23(11-16-32)31-17-12-25(13-18-31)35-28-30-14-19-36-28/h1-3,5-8,14,19-20,23,25H,4,9-13,15-18H2. The van der Waals surface area contributed by atoms with Crippen LogP contribution in [0.3, 0.4) is 0 Å². The van der Waals surface area contributed by atoms with Crippen molar-refractivity contribution in [1.29, 1.82) is 0 Å². The molecule has 6 nitrogen and oxygen atoms in total. The highest BCUT2D eigenvalue weighted by Crippen LogP contribution is 2.26. The third-order valence-electron chi connectivity index (χ3n) is 7.06. The van der Waals surface area contributed by atoms with Crippen LogP contribution in [0.15, 0.2) is 60.1 Å². The Morgan fingerprint density at radius 3 is 2.50 bits per heavy atom. The van der Waals surface area contributed by atoms with Crippen LogP contribution in [0.5, 0.6) is 16.7 Å². The maximum Gasteiger partial charge on any atom is 0.273 e. The first-order valence-corrected chi connectivity index (χ1v) is 13.6. The normalized spacial score (nSPS) is 17.8. The number of hydrogen-bond acceptors (Lipinski definition) is 6. The first kappa shape index (κ1) is 24.7. The summed E-state index contributed by atoms with van der Waals surface area (Å²) < 4.78 is 24.9. The summed E-state index contributed by atoms with van der Waals surface area (Å²) in [6.45, 7) is 3.75. The molecule has 0 atom stereocenters. The number of rotatable bonds is 8. The predicted octanol–water partition coefficient (Wildman–Crippen LogP) is 5.54. The van der Waals surface area contributed by atoms with E-state index in [1.54, 1.807) is 29.7 Å². The van der Waals surface area contributed by atoms with Crippen LogP contribution in [0.25, 0.3) is 0 Å². The zero-order valence-electron chi connectivity index (χ0n) is 20.4. The van der Waals surface area contributed by atoms with Gasteiger partial charge in [0.25, 0.3) is 5.19 Å². The van der Waals surface area contributed by atoms with E-state index in [4.69, 9.17) is 9.47 Å². The van der Waals surface area contributed by atoms with Gasteiger partial charge in [-0.2, -0.15) is 0 Å². The summed E-state index contributed by atoms with van der Waals surface area (Å²) in [4.78, 5) is 21.7. The molecule has 0 saturated carbocycles. The van der Waals surface area contributed by atoms with Crippen molar-refractivity contribution in [2.45, 2.75) is 50.7 Å². The maximum absolute atomic E-state index is 13.1. The van der Waals surface area contributed by atoms with Crippen LogP contribution in [0.4, 0.5) is 4.39 Å². The van der Waals surface area contributed by atoms with Gasteiger partial charge in [0, 0.05) is 50.2 Å². The van der Waals surface area contributed by atoms with Crippen LogP contribution < -0.4 is 9.47 Å². The first-order chi connectivity index (χ1) is 17.6. The van der Waals surface area contributed by atoms with Crippen LogP contribution in [0.2, 0.25) is 0 Å². The highest BCUT2D eigenvalue weighted by atomic mass is 32.1. The molecule has 0 spiro atoms. The van der Waals surface area contributed by atoms with Crippen molar-refractivity contribution in [2.75, 3.05) is 26.2 Å². The van der Waals surface area contributed by atoms with Gasteiger partial charge in [-0.1, -0.05) is 23.5 Å². The Morgan fingerprint density at radius 2 is 1.78 bits per heavy atom. The van der Waals surface area contributed by atoms with Gasteiger partial charge in [-0.3, -0.25) is 9.69 Å². The molecule has 0 unspecified atom stereocenters. The number of hydrogen-bond donors (Lipinski definition) is 0. The number of likely N-dealkylation sites (tertiary alicyclic amines) is 2. The molecule has 1 aromatic heterocycles. The Hall–Kier alpha value is -2.97. The molecule has 2 aromatic carbocycles. The molecule has 3 aromatic rings. The van der Waals surface area contributed by atoms with E-state index in [9.17, 15) is 9.18 Å². The van der Waals surface area contributed by atoms with Crippen molar-refractivity contribution in [1.82, 2.24) is 14.8 Å². The van der Waals surface area contributed by atoms with Crippen LogP contribution >= 0.6 is 11.3 Å². The van der Waals surface area contributed by atoms with Crippen molar-refractivity contribution in [3.05, 3.63) is 71.5 Å². The maximum atomic E-state index is 13.1. The topological polar surface area (TPSA) is 54.9 Å². The van der Waals surface area contributed by atoms with E-state index < -0.39 is 0 Å². The number of nitrogens with zero attached hydrogens (tertiary/aromatic N) is 3. The Labute approximate surface area is 215 Å². The van der Waals surface area contributed by atoms with Gasteiger partial charge < -0.3 is 14.4 Å². The lowest BCUT2D eigenvalue weighted by Gasteiger charge is -2.41. The predicted molar refractivity (Wildman–Crippen MR) is 138 cm³/mol. The molecule has 0 N–H and O–H groups in total. The second-order valence-corrected chi connectivity index (χ2v) is 10.3. The van der Waals surface area contributed by atoms with Crippen molar-refractivity contribution < 1.29 is 18.7 Å². The zero-order chi connectivity index (χ0) is 24.7. The van der Waals surface area contributed by atoms with Crippen molar-refractivity contribution in [3.8, 4) is 16.7 Å². The number of carbonyl (C=O) groups is 1. The summed E-state index contributed by atoms with van der Waals surface area (Å²) in [5, 5.41) is 2.72. The molecule has 2 aliphatic heterocycles. The molecule has 3 heterocycles. The number of ether oxygens (including phenoxy) is 2. The number of carbonyl (C=O) groups excluding carboxylic acids is 1. The molecule has 0 aliphatic carbocycles. The third-order valence-corrected chi connectivity index (χ3v) is 7.72. The van der Waals surface area contributed by atoms with Gasteiger partial charge in [-0.05, 0) is 74.1 Å². The molecule has 2 fully saturated rings. The minimum absolute atomic E-state index is 0.217. The van der Waals surface area contributed by atoms with Gasteiger partial charge in [0.1, 0.15) is 23.4 Å². The van der Waals surface area contributed by atoms with Gasteiger partial charge in [0.05, 0.1) is 0 Å². The molecule has 190 valence electrons. The lowest BCUT2D eigenvalue weighted by molar-refractivity contribution is -0.132. The second kappa shape index (κ2) is 11.8. The van der Waals surface area contributed by atoms with E-state index in [2.05, 4.69) is 9.88 Å². The summed E-state index contributed by atoms with van der Waals surface area (Å²) in [7, 11) is 0. The molecule has 5 rings (SSSR count). The summed E-state index contributed by atoms with van der Waals surface area (Å²) in [5.74, 6) is 1.20. The van der Waals surface area contributed by atoms with E-state index in [-0.39, 0.29) is 17.8 Å². The molecular formula is C28H32FN3O3S. The smallest absolute Gasteiger partial charge is 0.273 e. The summed E-state index contributed by atoms with van der Waals surface area (Å²) in [6.07, 6.45) is 7.33. The van der Waals surface area contributed by atoms with Crippen LogP contribution in [0, 0.1) is 5.82 Å². The summed E-state index contributed by atoms with van der Waals surface area (Å²) >= 11 is 1.55. The van der Waals surface area contributed by atoms with E-state index in [1.165, 1.54) is 12.1 Å². The molecule has 8 heteroatoms. The Balaban J connectivity index is 1.03. The third kappa shape index (κ3) is 6.62. The van der Waals surface area contributed by atoms with E-state index in [0.717, 1.165) is 62.6 Å². The van der Waals surface area contributed by atoms with E-state index in [0.29, 0.717) is 30.4 Å². The minimum atomic E-state index is -0.291.